The zero-order chi connectivity index (χ0) is 18.8. The van der Waals surface area contributed by atoms with Gasteiger partial charge in [-0.1, -0.05) is 48.7 Å². The molecule has 1 fully saturated rings. The highest BCUT2D eigenvalue weighted by Gasteiger charge is 2.30. The molecule has 0 saturated carbocycles. The van der Waals surface area contributed by atoms with Gasteiger partial charge in [-0.25, -0.2) is 0 Å². The molecule has 6 nitrogen and oxygen atoms in total. The van der Waals surface area contributed by atoms with Crippen molar-refractivity contribution in [1.82, 2.24) is 24.7 Å². The summed E-state index contributed by atoms with van der Waals surface area (Å²) in [4.78, 5) is 15.7. The normalized spacial score (nSPS) is 17.4. The van der Waals surface area contributed by atoms with Crippen molar-refractivity contribution in [3.8, 4) is 11.1 Å². The summed E-state index contributed by atoms with van der Waals surface area (Å²) in [5.74, 6) is 0.503. The number of aromatic nitrogens is 4. The quantitative estimate of drug-likeness (QED) is 0.739. The molecule has 0 bridgehead atoms. The Morgan fingerprint density at radius 1 is 1.30 bits per heavy atom. The van der Waals surface area contributed by atoms with E-state index in [9.17, 15) is 4.79 Å². The average molecular weight is 382 g/mol. The first kappa shape index (κ1) is 17.9. The van der Waals surface area contributed by atoms with Crippen LogP contribution in [0.4, 0.5) is 0 Å². The maximum atomic E-state index is 13.1. The lowest BCUT2D eigenvalue weighted by molar-refractivity contribution is 0.0709. The molecule has 1 aliphatic heterocycles. The maximum absolute atomic E-state index is 13.1. The van der Waals surface area contributed by atoms with Gasteiger partial charge >= 0.3 is 0 Å². The molecule has 3 heterocycles. The first-order valence-corrected chi connectivity index (χ1v) is 10.1. The molecule has 0 aliphatic carbocycles. The van der Waals surface area contributed by atoms with E-state index >= 15 is 0 Å². The molecule has 2 aromatic heterocycles. The standard InChI is InChI=1S/C20H23N5OS/c1-13(2)17-19(27-24-23-17)20(26)25-10-6-9-15(12-25)18-16(11-21-22-18)14-7-4-3-5-8-14/h3-5,7-8,11,13,15H,6,9-10,12H2,1-2H3,(H,21,22). The first-order chi connectivity index (χ1) is 13.1. The van der Waals surface area contributed by atoms with E-state index in [4.69, 9.17) is 0 Å². The minimum absolute atomic E-state index is 0.0548. The van der Waals surface area contributed by atoms with Gasteiger partial charge in [-0.3, -0.25) is 9.89 Å². The summed E-state index contributed by atoms with van der Waals surface area (Å²) in [6, 6.07) is 10.3. The van der Waals surface area contributed by atoms with E-state index < -0.39 is 0 Å². The number of aromatic amines is 1. The Hall–Kier alpha value is -2.54. The molecule has 1 N–H and O–H groups in total. The van der Waals surface area contributed by atoms with Crippen LogP contribution in [0.3, 0.4) is 0 Å². The number of nitrogens with one attached hydrogen (secondary N) is 1. The number of benzene rings is 1. The van der Waals surface area contributed by atoms with Crippen molar-refractivity contribution in [3.63, 3.8) is 0 Å². The van der Waals surface area contributed by atoms with Gasteiger partial charge in [0.05, 0.1) is 11.9 Å². The minimum atomic E-state index is 0.0548. The van der Waals surface area contributed by atoms with Crippen LogP contribution in [0.15, 0.2) is 36.5 Å². The van der Waals surface area contributed by atoms with Gasteiger partial charge < -0.3 is 4.90 Å². The van der Waals surface area contributed by atoms with E-state index in [-0.39, 0.29) is 17.7 Å². The number of likely N-dealkylation sites (tertiary alicyclic amines) is 1. The lowest BCUT2D eigenvalue weighted by Gasteiger charge is -2.32. The Morgan fingerprint density at radius 3 is 2.89 bits per heavy atom. The van der Waals surface area contributed by atoms with E-state index in [1.54, 1.807) is 0 Å². The number of piperidine rings is 1. The molecule has 4 rings (SSSR count). The van der Waals surface area contributed by atoms with Crippen LogP contribution in [0.5, 0.6) is 0 Å². The molecule has 1 saturated heterocycles. The predicted octanol–water partition coefficient (Wildman–Crippen LogP) is 4.07. The minimum Gasteiger partial charge on any atom is -0.337 e. The zero-order valence-electron chi connectivity index (χ0n) is 15.6. The van der Waals surface area contributed by atoms with Crippen LogP contribution in [-0.2, 0) is 0 Å². The van der Waals surface area contributed by atoms with Crippen LogP contribution in [-0.4, -0.2) is 43.7 Å². The van der Waals surface area contributed by atoms with Gasteiger partial charge in [0.1, 0.15) is 4.88 Å². The van der Waals surface area contributed by atoms with Crippen molar-refractivity contribution in [2.75, 3.05) is 13.1 Å². The second-order valence-corrected chi connectivity index (χ2v) is 8.05. The van der Waals surface area contributed by atoms with E-state index in [1.807, 2.05) is 43.1 Å². The van der Waals surface area contributed by atoms with E-state index in [0.29, 0.717) is 11.4 Å². The van der Waals surface area contributed by atoms with Crippen molar-refractivity contribution in [2.45, 2.75) is 38.5 Å². The molecular formula is C20H23N5OS. The summed E-state index contributed by atoms with van der Waals surface area (Å²) in [6.45, 7) is 5.56. The van der Waals surface area contributed by atoms with Gasteiger partial charge in [0.2, 0.25) is 0 Å². The van der Waals surface area contributed by atoms with Crippen molar-refractivity contribution in [3.05, 3.63) is 52.8 Å². The van der Waals surface area contributed by atoms with Crippen LogP contribution >= 0.6 is 11.5 Å². The fraction of sp³-hybridized carbons (Fsp3) is 0.400. The molecule has 1 amide bonds. The van der Waals surface area contributed by atoms with Gasteiger partial charge in [-0.05, 0) is 35.9 Å². The van der Waals surface area contributed by atoms with Gasteiger partial charge in [0.25, 0.3) is 5.91 Å². The van der Waals surface area contributed by atoms with Gasteiger partial charge in [0, 0.05) is 30.3 Å². The number of hydrogen-bond acceptors (Lipinski definition) is 5. The molecule has 1 unspecified atom stereocenters. The van der Waals surface area contributed by atoms with E-state index in [2.05, 4.69) is 31.9 Å². The molecule has 1 aromatic carbocycles. The Labute approximate surface area is 162 Å². The first-order valence-electron chi connectivity index (χ1n) is 9.35. The number of H-pyrrole nitrogens is 1. The third-order valence-electron chi connectivity index (χ3n) is 5.12. The molecule has 27 heavy (non-hydrogen) atoms. The van der Waals surface area contributed by atoms with Crippen molar-refractivity contribution in [2.24, 2.45) is 0 Å². The highest BCUT2D eigenvalue weighted by molar-refractivity contribution is 7.08. The Morgan fingerprint density at radius 2 is 2.11 bits per heavy atom. The van der Waals surface area contributed by atoms with Gasteiger partial charge in [-0.15, -0.1) is 5.10 Å². The lowest BCUT2D eigenvalue weighted by atomic mass is 9.90. The second-order valence-electron chi connectivity index (χ2n) is 7.30. The maximum Gasteiger partial charge on any atom is 0.267 e. The largest absolute Gasteiger partial charge is 0.337 e. The summed E-state index contributed by atoms with van der Waals surface area (Å²) in [6.07, 6.45) is 3.91. The summed E-state index contributed by atoms with van der Waals surface area (Å²) in [5.41, 5.74) is 4.19. The summed E-state index contributed by atoms with van der Waals surface area (Å²) >= 11 is 1.21. The molecule has 1 aliphatic rings. The van der Waals surface area contributed by atoms with Crippen LogP contribution < -0.4 is 0 Å². The number of amides is 1. The molecular weight excluding hydrogens is 358 g/mol. The Kier molecular flexibility index (Phi) is 5.03. The topological polar surface area (TPSA) is 74.8 Å². The highest BCUT2D eigenvalue weighted by Crippen LogP contribution is 2.34. The molecule has 3 aromatic rings. The zero-order valence-corrected chi connectivity index (χ0v) is 16.4. The molecule has 0 spiro atoms. The van der Waals surface area contributed by atoms with Gasteiger partial charge in [0.15, 0.2) is 0 Å². The summed E-state index contributed by atoms with van der Waals surface area (Å²) in [7, 11) is 0. The number of carbonyl (C=O) groups excluding carboxylic acids is 1. The third kappa shape index (κ3) is 3.51. The smallest absolute Gasteiger partial charge is 0.267 e. The fourth-order valence-electron chi connectivity index (χ4n) is 3.72. The molecule has 7 heteroatoms. The van der Waals surface area contributed by atoms with Crippen LogP contribution in [0, 0.1) is 0 Å². The van der Waals surface area contributed by atoms with Crippen molar-refractivity contribution < 1.29 is 4.79 Å². The average Bonchev–Trinajstić information content (AvgIpc) is 3.38. The van der Waals surface area contributed by atoms with Crippen LogP contribution in [0.2, 0.25) is 0 Å². The van der Waals surface area contributed by atoms with Crippen molar-refractivity contribution in [1.29, 1.82) is 0 Å². The fourth-order valence-corrected chi connectivity index (χ4v) is 4.51. The lowest BCUT2D eigenvalue weighted by Crippen LogP contribution is -2.39. The molecule has 0 radical (unpaired) electrons. The Bertz CT molecular complexity index is 917. The van der Waals surface area contributed by atoms with Crippen LogP contribution in [0.25, 0.3) is 11.1 Å². The molecule has 140 valence electrons. The SMILES string of the molecule is CC(C)c1nnsc1C(=O)N1CCCC(c2[nH]ncc2-c2ccccc2)C1. The monoisotopic (exact) mass is 381 g/mol. The molecule has 1 atom stereocenters. The van der Waals surface area contributed by atoms with Crippen LogP contribution in [0.1, 0.15) is 59.6 Å². The van der Waals surface area contributed by atoms with E-state index in [1.165, 1.54) is 11.5 Å². The summed E-state index contributed by atoms with van der Waals surface area (Å²) < 4.78 is 4.01. The predicted molar refractivity (Wildman–Crippen MR) is 106 cm³/mol. The van der Waals surface area contributed by atoms with Crippen molar-refractivity contribution >= 4 is 17.4 Å². The number of rotatable bonds is 4. The Balaban J connectivity index is 1.57. The van der Waals surface area contributed by atoms with E-state index in [0.717, 1.165) is 41.9 Å². The number of nitrogens with zero attached hydrogens (tertiary/aromatic N) is 4. The van der Waals surface area contributed by atoms with Gasteiger partial charge in [-0.2, -0.15) is 5.10 Å². The third-order valence-corrected chi connectivity index (χ3v) is 5.85. The highest BCUT2D eigenvalue weighted by atomic mass is 32.1. The summed E-state index contributed by atoms with van der Waals surface area (Å²) in [5, 5.41) is 11.6. The number of carbonyl (C=O) groups is 1. The number of hydrogen-bond donors (Lipinski definition) is 1. The second kappa shape index (κ2) is 7.60.